The Labute approximate surface area is 175 Å². The monoisotopic (exact) mass is 413 g/mol. The summed E-state index contributed by atoms with van der Waals surface area (Å²) in [4.78, 5) is 10.0. The van der Waals surface area contributed by atoms with Gasteiger partial charge in [0.2, 0.25) is 11.7 Å². The summed E-state index contributed by atoms with van der Waals surface area (Å²) in [6.07, 6.45) is 3.93. The van der Waals surface area contributed by atoms with Gasteiger partial charge in [-0.15, -0.1) is 11.3 Å². The second-order valence-electron chi connectivity index (χ2n) is 6.48. The molecule has 2 aromatic heterocycles. The number of rotatable bonds is 10. The highest BCUT2D eigenvalue weighted by molar-refractivity contribution is 7.09. The first-order valence-electron chi connectivity index (χ1n) is 9.72. The molecule has 0 amide bonds. The average Bonchev–Trinajstić information content (AvgIpc) is 3.45. The van der Waals surface area contributed by atoms with Crippen molar-refractivity contribution in [3.63, 3.8) is 0 Å². The number of ether oxygens (including phenoxy) is 1. The lowest BCUT2D eigenvalue weighted by Crippen LogP contribution is -2.37. The minimum Gasteiger partial charge on any atom is -0.497 e. The maximum atomic E-state index is 5.37. The number of benzene rings is 1. The van der Waals surface area contributed by atoms with E-state index in [0.717, 1.165) is 56.0 Å². The molecule has 0 radical (unpaired) electrons. The van der Waals surface area contributed by atoms with Gasteiger partial charge in [-0.2, -0.15) is 4.98 Å². The Balaban J connectivity index is 1.31. The fourth-order valence-electron chi connectivity index (χ4n) is 2.80. The Bertz CT molecular complexity index is 875. The van der Waals surface area contributed by atoms with Crippen molar-refractivity contribution < 1.29 is 9.26 Å². The number of hydrogen-bond acceptors (Lipinski definition) is 6. The molecule has 2 N–H and O–H groups in total. The smallest absolute Gasteiger partial charge is 0.226 e. The molecule has 0 aliphatic rings. The first kappa shape index (κ1) is 20.9. The number of thiophene rings is 1. The van der Waals surface area contributed by atoms with Crippen LogP contribution >= 0.6 is 11.3 Å². The summed E-state index contributed by atoms with van der Waals surface area (Å²) in [5.74, 6) is 2.94. The Morgan fingerprint density at radius 1 is 1.14 bits per heavy atom. The number of guanidine groups is 1. The highest BCUT2D eigenvalue weighted by Gasteiger charge is 2.08. The molecule has 3 aromatic rings. The summed E-state index contributed by atoms with van der Waals surface area (Å²) >= 11 is 1.74. The van der Waals surface area contributed by atoms with Crippen molar-refractivity contribution in [1.82, 2.24) is 20.8 Å². The van der Waals surface area contributed by atoms with E-state index < -0.39 is 0 Å². The zero-order valence-electron chi connectivity index (χ0n) is 16.9. The fourth-order valence-corrected chi connectivity index (χ4v) is 3.45. The largest absolute Gasteiger partial charge is 0.497 e. The van der Waals surface area contributed by atoms with E-state index in [-0.39, 0.29) is 0 Å². The van der Waals surface area contributed by atoms with Crippen molar-refractivity contribution in [3.05, 3.63) is 52.5 Å². The van der Waals surface area contributed by atoms with Gasteiger partial charge in [0.15, 0.2) is 5.96 Å². The highest BCUT2D eigenvalue weighted by Crippen LogP contribution is 2.20. The van der Waals surface area contributed by atoms with Crippen LogP contribution in [-0.4, -0.2) is 36.8 Å². The maximum absolute atomic E-state index is 5.37. The average molecular weight is 414 g/mol. The van der Waals surface area contributed by atoms with Gasteiger partial charge in [0.25, 0.3) is 0 Å². The normalized spacial score (nSPS) is 11.4. The lowest BCUT2D eigenvalue weighted by molar-refractivity contribution is 0.374. The molecule has 0 spiro atoms. The molecule has 0 bridgehead atoms. The molecule has 154 valence electrons. The van der Waals surface area contributed by atoms with Crippen LogP contribution in [0.2, 0.25) is 0 Å². The molecule has 7 nitrogen and oxygen atoms in total. The molecule has 29 heavy (non-hydrogen) atoms. The SMILES string of the molecule is CN=C(NCCCCCc1nc(-c2ccc(OC)cc2)no1)NCc1cccs1. The lowest BCUT2D eigenvalue weighted by atomic mass is 10.2. The molecule has 0 saturated carbocycles. The summed E-state index contributed by atoms with van der Waals surface area (Å²) in [5, 5.41) is 12.8. The van der Waals surface area contributed by atoms with Crippen molar-refractivity contribution in [2.24, 2.45) is 4.99 Å². The molecule has 0 aliphatic carbocycles. The summed E-state index contributed by atoms with van der Waals surface area (Å²) in [6, 6.07) is 11.8. The molecule has 8 heteroatoms. The molecule has 0 aliphatic heterocycles. The highest BCUT2D eigenvalue weighted by atomic mass is 32.1. The van der Waals surface area contributed by atoms with Crippen molar-refractivity contribution in [2.45, 2.75) is 32.2 Å². The van der Waals surface area contributed by atoms with Crippen LogP contribution in [0.25, 0.3) is 11.4 Å². The molecule has 0 unspecified atom stereocenters. The summed E-state index contributed by atoms with van der Waals surface area (Å²) in [5.41, 5.74) is 0.923. The van der Waals surface area contributed by atoms with Crippen LogP contribution in [0.15, 0.2) is 51.3 Å². The molecule has 0 saturated heterocycles. The standard InChI is InChI=1S/C21H27N5O2S/c1-22-21(24-15-18-7-6-14-29-18)23-13-5-3-4-8-19-25-20(26-28-19)16-9-11-17(27-2)12-10-16/h6-7,9-12,14H,3-5,8,13,15H2,1-2H3,(H2,22,23,24). The van der Waals surface area contributed by atoms with Crippen molar-refractivity contribution in [1.29, 1.82) is 0 Å². The zero-order valence-corrected chi connectivity index (χ0v) is 17.7. The van der Waals surface area contributed by atoms with Gasteiger partial charge < -0.3 is 19.9 Å². The van der Waals surface area contributed by atoms with E-state index in [1.54, 1.807) is 25.5 Å². The van der Waals surface area contributed by atoms with Crippen LogP contribution in [0, 0.1) is 0 Å². The van der Waals surface area contributed by atoms with E-state index >= 15 is 0 Å². The van der Waals surface area contributed by atoms with Gasteiger partial charge in [0.05, 0.1) is 13.7 Å². The second kappa shape index (κ2) is 11.2. The number of nitrogens with zero attached hydrogens (tertiary/aromatic N) is 3. The molecule has 2 heterocycles. The number of aliphatic imine (C=N–C) groups is 1. The zero-order chi connectivity index (χ0) is 20.3. The third-order valence-electron chi connectivity index (χ3n) is 4.41. The fraction of sp³-hybridized carbons (Fsp3) is 0.381. The van der Waals surface area contributed by atoms with Gasteiger partial charge in [-0.3, -0.25) is 4.99 Å². The van der Waals surface area contributed by atoms with Crippen LogP contribution in [0.1, 0.15) is 30.0 Å². The summed E-state index contributed by atoms with van der Waals surface area (Å²) in [7, 11) is 3.44. The van der Waals surface area contributed by atoms with Gasteiger partial charge in [0, 0.05) is 30.5 Å². The van der Waals surface area contributed by atoms with E-state index in [9.17, 15) is 0 Å². The number of aromatic nitrogens is 2. The summed E-state index contributed by atoms with van der Waals surface area (Å²) < 4.78 is 10.5. The predicted octanol–water partition coefficient (Wildman–Crippen LogP) is 3.88. The van der Waals surface area contributed by atoms with Crippen LogP contribution in [0.4, 0.5) is 0 Å². The van der Waals surface area contributed by atoms with E-state index in [1.807, 2.05) is 24.3 Å². The van der Waals surface area contributed by atoms with Crippen LogP contribution < -0.4 is 15.4 Å². The molecule has 0 atom stereocenters. The second-order valence-corrected chi connectivity index (χ2v) is 7.52. The van der Waals surface area contributed by atoms with E-state index in [1.165, 1.54) is 4.88 Å². The van der Waals surface area contributed by atoms with Crippen LogP contribution in [0.5, 0.6) is 5.75 Å². The number of unbranched alkanes of at least 4 members (excludes halogenated alkanes) is 2. The van der Waals surface area contributed by atoms with Crippen molar-refractivity contribution in [2.75, 3.05) is 20.7 Å². The third kappa shape index (κ3) is 6.60. The van der Waals surface area contributed by atoms with Gasteiger partial charge >= 0.3 is 0 Å². The van der Waals surface area contributed by atoms with Gasteiger partial charge in [-0.05, 0) is 48.6 Å². The van der Waals surface area contributed by atoms with E-state index in [2.05, 4.69) is 43.3 Å². The third-order valence-corrected chi connectivity index (χ3v) is 5.29. The number of aryl methyl sites for hydroxylation is 1. The lowest BCUT2D eigenvalue weighted by Gasteiger charge is -2.10. The van der Waals surface area contributed by atoms with Gasteiger partial charge in [-0.1, -0.05) is 17.6 Å². The van der Waals surface area contributed by atoms with Crippen LogP contribution in [-0.2, 0) is 13.0 Å². The predicted molar refractivity (Wildman–Crippen MR) is 116 cm³/mol. The minimum atomic E-state index is 0.616. The van der Waals surface area contributed by atoms with E-state index in [4.69, 9.17) is 9.26 Å². The van der Waals surface area contributed by atoms with Crippen molar-refractivity contribution in [3.8, 4) is 17.1 Å². The number of methoxy groups -OCH3 is 1. The number of hydrogen-bond donors (Lipinski definition) is 2. The molecular formula is C21H27N5O2S. The molecular weight excluding hydrogens is 386 g/mol. The Kier molecular flexibility index (Phi) is 8.06. The van der Waals surface area contributed by atoms with E-state index in [0.29, 0.717) is 11.7 Å². The minimum absolute atomic E-state index is 0.616. The molecule has 1 aromatic carbocycles. The molecule has 3 rings (SSSR count). The van der Waals surface area contributed by atoms with Crippen molar-refractivity contribution >= 4 is 17.3 Å². The first-order valence-corrected chi connectivity index (χ1v) is 10.6. The summed E-state index contributed by atoms with van der Waals surface area (Å²) in [6.45, 7) is 1.68. The quantitative estimate of drug-likeness (QED) is 0.298. The van der Waals surface area contributed by atoms with Gasteiger partial charge in [0.1, 0.15) is 5.75 Å². The molecule has 0 fully saturated rings. The Morgan fingerprint density at radius 3 is 2.72 bits per heavy atom. The Morgan fingerprint density at radius 2 is 2.00 bits per heavy atom. The van der Waals surface area contributed by atoms with Crippen LogP contribution in [0.3, 0.4) is 0 Å². The Hall–Kier alpha value is -2.87. The topological polar surface area (TPSA) is 84.6 Å². The first-order chi connectivity index (χ1) is 14.3. The maximum Gasteiger partial charge on any atom is 0.226 e. The number of nitrogens with one attached hydrogen (secondary N) is 2. The van der Waals surface area contributed by atoms with Gasteiger partial charge in [-0.25, -0.2) is 0 Å².